The van der Waals surface area contributed by atoms with Crippen LogP contribution in [0.25, 0.3) is 11.1 Å². The van der Waals surface area contributed by atoms with E-state index < -0.39 is 24.2 Å². The van der Waals surface area contributed by atoms with E-state index in [-0.39, 0.29) is 37.7 Å². The quantitative estimate of drug-likeness (QED) is 0.345. The van der Waals surface area contributed by atoms with Gasteiger partial charge in [-0.05, 0) is 47.6 Å². The molecule has 220 valence electrons. The van der Waals surface area contributed by atoms with Crippen molar-refractivity contribution in [2.75, 3.05) is 26.3 Å². The molecule has 0 radical (unpaired) electrons. The smallest absolute Gasteiger partial charge is 0.407 e. The van der Waals surface area contributed by atoms with Gasteiger partial charge in [-0.25, -0.2) is 9.59 Å². The maximum absolute atomic E-state index is 13.7. The van der Waals surface area contributed by atoms with Gasteiger partial charge >= 0.3 is 12.1 Å². The number of carbonyl (C=O) groups excluding carboxylic acids is 2. The van der Waals surface area contributed by atoms with Crippen molar-refractivity contribution in [1.82, 2.24) is 10.2 Å². The van der Waals surface area contributed by atoms with Crippen molar-refractivity contribution < 1.29 is 33.7 Å². The Hall–Kier alpha value is -4.21. The molecule has 0 unspecified atom stereocenters. The number of carboxylic acid groups (broad SMARTS) is 1. The molecule has 42 heavy (non-hydrogen) atoms. The van der Waals surface area contributed by atoms with Crippen molar-refractivity contribution in [2.24, 2.45) is 0 Å². The Morgan fingerprint density at radius 3 is 2.12 bits per heavy atom. The first-order valence-electron chi connectivity index (χ1n) is 14.3. The Morgan fingerprint density at radius 1 is 0.905 bits per heavy atom. The molecule has 1 aliphatic carbocycles. The molecular formula is C33H36N2O7. The largest absolute Gasteiger partial charge is 0.480 e. The second-order valence-corrected chi connectivity index (χ2v) is 10.7. The highest BCUT2D eigenvalue weighted by atomic mass is 16.6. The maximum atomic E-state index is 13.7. The van der Waals surface area contributed by atoms with Crippen molar-refractivity contribution in [3.63, 3.8) is 0 Å². The number of fused-ring (bicyclic) bond motifs is 3. The lowest BCUT2D eigenvalue weighted by Crippen LogP contribution is -2.56. The van der Waals surface area contributed by atoms with E-state index in [0.29, 0.717) is 25.9 Å². The molecule has 0 saturated carbocycles. The van der Waals surface area contributed by atoms with Gasteiger partial charge in [0.1, 0.15) is 19.3 Å². The molecule has 3 aromatic rings. The normalized spacial score (nSPS) is 16.3. The molecule has 9 heteroatoms. The second kappa shape index (κ2) is 13.6. The van der Waals surface area contributed by atoms with Crippen LogP contribution in [-0.4, -0.2) is 72.5 Å². The van der Waals surface area contributed by atoms with Crippen LogP contribution in [0.15, 0.2) is 78.9 Å². The first-order valence-corrected chi connectivity index (χ1v) is 14.3. The fourth-order valence-electron chi connectivity index (χ4n) is 5.67. The minimum absolute atomic E-state index is 0.103. The molecule has 0 spiro atoms. The Balaban J connectivity index is 1.24. The molecule has 1 heterocycles. The highest BCUT2D eigenvalue weighted by Gasteiger charge is 2.35. The van der Waals surface area contributed by atoms with Crippen molar-refractivity contribution in [3.8, 4) is 11.1 Å². The van der Waals surface area contributed by atoms with E-state index in [0.717, 1.165) is 27.8 Å². The summed E-state index contributed by atoms with van der Waals surface area (Å²) < 4.78 is 17.2. The standard InChI is InChI=1S/C33H36N2O7/c1-22(40-19-23-9-3-2-4-10-23)31(32(38)35-17-15-24(16-18-35)41-21-30(36)37)34-33(39)42-20-29-27-13-7-5-11-25(27)26-12-6-8-14-28(26)29/h2-14,22,24,29,31H,15-21H2,1H3,(H,34,39)(H,36,37)/t22-,31+/m0/s1. The molecule has 2 amide bonds. The minimum atomic E-state index is -1.02. The number of nitrogens with zero attached hydrogens (tertiary/aromatic N) is 1. The summed E-state index contributed by atoms with van der Waals surface area (Å²) in [6, 6.07) is 24.9. The highest BCUT2D eigenvalue weighted by molar-refractivity contribution is 5.86. The number of alkyl carbamates (subject to hydrolysis) is 1. The number of benzene rings is 3. The van der Waals surface area contributed by atoms with Crippen LogP contribution >= 0.6 is 0 Å². The molecule has 2 atom stereocenters. The summed E-state index contributed by atoms with van der Waals surface area (Å²) in [5.74, 6) is -1.40. The first-order chi connectivity index (χ1) is 20.4. The first kappa shape index (κ1) is 29.3. The third kappa shape index (κ3) is 6.98. The predicted octanol–water partition coefficient (Wildman–Crippen LogP) is 4.59. The number of amides is 2. The molecule has 1 fully saturated rings. The van der Waals surface area contributed by atoms with E-state index in [1.54, 1.807) is 11.8 Å². The molecular weight excluding hydrogens is 536 g/mol. The zero-order valence-corrected chi connectivity index (χ0v) is 23.6. The Kier molecular flexibility index (Phi) is 9.51. The van der Waals surface area contributed by atoms with Gasteiger partial charge in [0.05, 0.1) is 18.8 Å². The van der Waals surface area contributed by atoms with Crippen LogP contribution in [0.5, 0.6) is 0 Å². The number of nitrogens with one attached hydrogen (secondary N) is 1. The van der Waals surface area contributed by atoms with Crippen molar-refractivity contribution in [1.29, 1.82) is 0 Å². The van der Waals surface area contributed by atoms with Crippen LogP contribution in [0.4, 0.5) is 4.79 Å². The molecule has 1 aliphatic heterocycles. The zero-order chi connectivity index (χ0) is 29.5. The Morgan fingerprint density at radius 2 is 1.50 bits per heavy atom. The van der Waals surface area contributed by atoms with Crippen molar-refractivity contribution >= 4 is 18.0 Å². The summed E-state index contributed by atoms with van der Waals surface area (Å²) in [4.78, 5) is 39.4. The topological polar surface area (TPSA) is 114 Å². The average Bonchev–Trinajstić information content (AvgIpc) is 3.34. The molecule has 3 aromatic carbocycles. The molecule has 1 saturated heterocycles. The lowest BCUT2D eigenvalue weighted by Gasteiger charge is -2.35. The van der Waals surface area contributed by atoms with Crippen LogP contribution in [0.1, 0.15) is 42.4 Å². The van der Waals surface area contributed by atoms with Gasteiger partial charge in [0.25, 0.3) is 0 Å². The number of hydrogen-bond donors (Lipinski definition) is 2. The second-order valence-electron chi connectivity index (χ2n) is 10.7. The van der Waals surface area contributed by atoms with Crippen LogP contribution in [0.3, 0.4) is 0 Å². The number of piperidine rings is 1. The maximum Gasteiger partial charge on any atom is 0.407 e. The van der Waals surface area contributed by atoms with Gasteiger partial charge in [-0.2, -0.15) is 0 Å². The van der Waals surface area contributed by atoms with Gasteiger partial charge in [-0.3, -0.25) is 4.79 Å². The van der Waals surface area contributed by atoms with Gasteiger partial charge in [-0.15, -0.1) is 0 Å². The summed E-state index contributed by atoms with van der Waals surface area (Å²) in [5.41, 5.74) is 5.43. The number of likely N-dealkylation sites (tertiary alicyclic amines) is 1. The fraction of sp³-hybridized carbons (Fsp3) is 0.364. The average molecular weight is 573 g/mol. The summed E-state index contributed by atoms with van der Waals surface area (Å²) in [7, 11) is 0. The summed E-state index contributed by atoms with van der Waals surface area (Å²) >= 11 is 0. The number of aliphatic carboxylic acids is 1. The van der Waals surface area contributed by atoms with E-state index in [4.69, 9.17) is 19.3 Å². The van der Waals surface area contributed by atoms with E-state index in [9.17, 15) is 14.4 Å². The Labute approximate surface area is 245 Å². The van der Waals surface area contributed by atoms with E-state index in [2.05, 4.69) is 29.6 Å². The SMILES string of the molecule is C[C@H](OCc1ccccc1)[C@@H](NC(=O)OCC1c2ccccc2-c2ccccc21)C(=O)N1CCC(OCC(=O)O)CC1. The molecule has 0 aromatic heterocycles. The van der Waals surface area contributed by atoms with Crippen LogP contribution in [0, 0.1) is 0 Å². The molecule has 0 bridgehead atoms. The third-order valence-electron chi connectivity index (χ3n) is 7.90. The number of hydrogen-bond acceptors (Lipinski definition) is 6. The number of rotatable bonds is 11. The van der Waals surface area contributed by atoms with Crippen molar-refractivity contribution in [2.45, 2.75) is 50.5 Å². The van der Waals surface area contributed by atoms with Gasteiger partial charge in [-0.1, -0.05) is 78.9 Å². The zero-order valence-electron chi connectivity index (χ0n) is 23.6. The number of carboxylic acids is 1. The summed E-state index contributed by atoms with van der Waals surface area (Å²) in [5, 5.41) is 11.7. The van der Waals surface area contributed by atoms with E-state index in [1.807, 2.05) is 54.6 Å². The van der Waals surface area contributed by atoms with Gasteiger partial charge in [0, 0.05) is 19.0 Å². The van der Waals surface area contributed by atoms with Crippen molar-refractivity contribution in [3.05, 3.63) is 95.6 Å². The minimum Gasteiger partial charge on any atom is -0.480 e. The van der Waals surface area contributed by atoms with E-state index in [1.165, 1.54) is 0 Å². The summed E-state index contributed by atoms with van der Waals surface area (Å²) in [6.07, 6.45) is -0.541. The van der Waals surface area contributed by atoms with Crippen LogP contribution < -0.4 is 5.32 Å². The van der Waals surface area contributed by atoms with E-state index >= 15 is 0 Å². The summed E-state index contributed by atoms with van der Waals surface area (Å²) in [6.45, 7) is 2.58. The highest BCUT2D eigenvalue weighted by Crippen LogP contribution is 2.44. The molecule has 5 rings (SSSR count). The molecule has 2 aliphatic rings. The number of ether oxygens (including phenoxy) is 3. The van der Waals surface area contributed by atoms with Gasteiger partial charge < -0.3 is 29.5 Å². The van der Waals surface area contributed by atoms with Crippen LogP contribution in [0.2, 0.25) is 0 Å². The number of carbonyl (C=O) groups is 3. The monoisotopic (exact) mass is 572 g/mol. The molecule has 2 N–H and O–H groups in total. The fourth-order valence-corrected chi connectivity index (χ4v) is 5.67. The molecule has 9 nitrogen and oxygen atoms in total. The Bertz CT molecular complexity index is 1340. The predicted molar refractivity (Wildman–Crippen MR) is 156 cm³/mol. The third-order valence-corrected chi connectivity index (χ3v) is 7.90. The van der Waals surface area contributed by atoms with Gasteiger partial charge in [0.2, 0.25) is 5.91 Å². The lowest BCUT2D eigenvalue weighted by molar-refractivity contribution is -0.148. The van der Waals surface area contributed by atoms with Crippen LogP contribution in [-0.2, 0) is 30.4 Å². The van der Waals surface area contributed by atoms with Gasteiger partial charge in [0.15, 0.2) is 0 Å². The lowest BCUT2D eigenvalue weighted by atomic mass is 9.98.